The molecule has 0 radical (unpaired) electrons. The number of rotatable bonds is 1. The van der Waals surface area contributed by atoms with Gasteiger partial charge >= 0.3 is 6.03 Å². The van der Waals surface area contributed by atoms with Crippen molar-refractivity contribution in [3.8, 4) is 0 Å². The van der Waals surface area contributed by atoms with E-state index >= 15 is 0 Å². The van der Waals surface area contributed by atoms with E-state index in [-0.39, 0.29) is 18.0 Å². The number of hydrogen-bond acceptors (Lipinski definition) is 3. The van der Waals surface area contributed by atoms with Gasteiger partial charge in [-0.1, -0.05) is 0 Å². The van der Waals surface area contributed by atoms with E-state index in [4.69, 9.17) is 0 Å². The van der Waals surface area contributed by atoms with Crippen molar-refractivity contribution in [3.05, 3.63) is 0 Å². The summed E-state index contributed by atoms with van der Waals surface area (Å²) in [5, 5.41) is 2.88. The van der Waals surface area contributed by atoms with Crippen molar-refractivity contribution >= 4 is 11.9 Å². The summed E-state index contributed by atoms with van der Waals surface area (Å²) in [5.41, 5.74) is -0.617. The Hall–Kier alpha value is -1.10. The van der Waals surface area contributed by atoms with Crippen LogP contribution < -0.4 is 5.32 Å². The van der Waals surface area contributed by atoms with Gasteiger partial charge < -0.3 is 10.2 Å². The van der Waals surface area contributed by atoms with E-state index in [9.17, 15) is 9.59 Å². The third-order valence-electron chi connectivity index (χ3n) is 3.55. The van der Waals surface area contributed by atoms with Crippen molar-refractivity contribution in [1.29, 1.82) is 0 Å². The van der Waals surface area contributed by atoms with Gasteiger partial charge in [-0.05, 0) is 33.7 Å². The Labute approximate surface area is 95.8 Å². The minimum Gasteiger partial charge on any atom is -0.323 e. The highest BCUT2D eigenvalue weighted by atomic mass is 16.2. The highest BCUT2D eigenvalue weighted by Crippen LogP contribution is 2.29. The van der Waals surface area contributed by atoms with Gasteiger partial charge in [0, 0.05) is 19.1 Å². The van der Waals surface area contributed by atoms with Crippen LogP contribution >= 0.6 is 0 Å². The summed E-state index contributed by atoms with van der Waals surface area (Å²) < 4.78 is 0. The molecule has 2 saturated heterocycles. The first-order chi connectivity index (χ1) is 7.46. The molecule has 3 amide bonds. The third-order valence-corrected chi connectivity index (χ3v) is 3.55. The molecule has 0 aromatic rings. The van der Waals surface area contributed by atoms with Crippen LogP contribution in [0.15, 0.2) is 0 Å². The maximum Gasteiger partial charge on any atom is 0.325 e. The summed E-state index contributed by atoms with van der Waals surface area (Å²) in [6, 6.07) is -0.295. The maximum absolute atomic E-state index is 12.3. The molecule has 0 saturated carbocycles. The van der Waals surface area contributed by atoms with Crippen LogP contribution in [0.3, 0.4) is 0 Å². The van der Waals surface area contributed by atoms with E-state index in [1.165, 1.54) is 4.90 Å². The molecule has 0 unspecified atom stereocenters. The van der Waals surface area contributed by atoms with Gasteiger partial charge in [0.1, 0.15) is 5.54 Å². The van der Waals surface area contributed by atoms with E-state index < -0.39 is 5.54 Å². The predicted octanol–water partition coefficient (Wildman–Crippen LogP) is 0.411. The normalized spacial score (nSPS) is 25.6. The Balaban J connectivity index is 2.19. The van der Waals surface area contributed by atoms with Gasteiger partial charge in [-0.3, -0.25) is 9.69 Å². The summed E-state index contributed by atoms with van der Waals surface area (Å²) in [6.45, 7) is 5.45. The second-order valence-electron chi connectivity index (χ2n) is 5.08. The zero-order valence-corrected chi connectivity index (χ0v) is 10.1. The van der Waals surface area contributed by atoms with Gasteiger partial charge in [0.2, 0.25) is 0 Å². The first-order valence-corrected chi connectivity index (χ1v) is 5.81. The fourth-order valence-corrected chi connectivity index (χ4v) is 2.45. The van der Waals surface area contributed by atoms with E-state index in [1.807, 2.05) is 20.9 Å². The Bertz CT molecular complexity index is 319. The molecule has 5 heteroatoms. The van der Waals surface area contributed by atoms with Gasteiger partial charge in [-0.2, -0.15) is 0 Å². The first-order valence-electron chi connectivity index (χ1n) is 5.81. The summed E-state index contributed by atoms with van der Waals surface area (Å²) in [5.74, 6) is -0.0411. The lowest BCUT2D eigenvalue weighted by molar-refractivity contribution is -0.133. The van der Waals surface area contributed by atoms with Crippen LogP contribution in [0.1, 0.15) is 26.7 Å². The molecule has 2 aliphatic rings. The number of piperidine rings is 1. The lowest BCUT2D eigenvalue weighted by Crippen LogP contribution is -2.54. The Kier molecular flexibility index (Phi) is 2.66. The molecule has 0 bridgehead atoms. The highest BCUT2D eigenvalue weighted by Gasteiger charge is 2.52. The van der Waals surface area contributed by atoms with Gasteiger partial charge in [0.15, 0.2) is 0 Å². The second-order valence-corrected chi connectivity index (χ2v) is 5.08. The Morgan fingerprint density at radius 2 is 1.81 bits per heavy atom. The van der Waals surface area contributed by atoms with E-state index in [1.54, 1.807) is 0 Å². The zero-order valence-electron chi connectivity index (χ0n) is 10.1. The monoisotopic (exact) mass is 225 g/mol. The van der Waals surface area contributed by atoms with Crippen LogP contribution in [0.5, 0.6) is 0 Å². The quantitative estimate of drug-likeness (QED) is 0.658. The van der Waals surface area contributed by atoms with Crippen LogP contribution in [-0.4, -0.2) is 53.5 Å². The topological polar surface area (TPSA) is 52.7 Å². The number of carbonyl (C=O) groups is 2. The van der Waals surface area contributed by atoms with Gasteiger partial charge in [0.25, 0.3) is 5.91 Å². The average molecular weight is 225 g/mol. The predicted molar refractivity (Wildman–Crippen MR) is 60.0 cm³/mol. The number of amides is 3. The molecule has 5 nitrogen and oxygen atoms in total. The molecule has 2 aliphatic heterocycles. The van der Waals surface area contributed by atoms with Gasteiger partial charge in [-0.15, -0.1) is 0 Å². The van der Waals surface area contributed by atoms with Gasteiger partial charge in [0.05, 0.1) is 0 Å². The molecule has 90 valence electrons. The molecule has 0 aliphatic carbocycles. The molecular weight excluding hydrogens is 206 g/mol. The standard InChI is InChI=1S/C11H19N3O2/c1-8(2)14-9(15)11(12-10(14)16)4-6-13(3)7-5-11/h8H,4-7H2,1-3H3,(H,12,16). The molecule has 16 heavy (non-hydrogen) atoms. The maximum atomic E-state index is 12.3. The van der Waals surface area contributed by atoms with E-state index in [2.05, 4.69) is 10.2 Å². The average Bonchev–Trinajstić information content (AvgIpc) is 2.44. The summed E-state index contributed by atoms with van der Waals surface area (Å²) in [6.07, 6.45) is 1.44. The molecule has 1 N–H and O–H groups in total. The van der Waals surface area contributed by atoms with Crippen LogP contribution in [0, 0.1) is 0 Å². The van der Waals surface area contributed by atoms with Gasteiger partial charge in [-0.25, -0.2) is 4.79 Å². The smallest absolute Gasteiger partial charge is 0.323 e. The molecule has 0 aromatic carbocycles. The first kappa shape index (κ1) is 11.4. The van der Waals surface area contributed by atoms with Crippen LogP contribution in [0.2, 0.25) is 0 Å². The molecule has 0 aromatic heterocycles. The zero-order chi connectivity index (χ0) is 11.9. The fraction of sp³-hybridized carbons (Fsp3) is 0.818. The Morgan fingerprint density at radius 1 is 1.25 bits per heavy atom. The summed E-state index contributed by atoms with van der Waals surface area (Å²) in [4.78, 5) is 27.6. The molecule has 2 heterocycles. The summed E-state index contributed by atoms with van der Waals surface area (Å²) in [7, 11) is 2.04. The minimum absolute atomic E-state index is 0.0411. The summed E-state index contributed by atoms with van der Waals surface area (Å²) >= 11 is 0. The highest BCUT2D eigenvalue weighted by molar-refractivity contribution is 6.07. The molecule has 2 rings (SSSR count). The fourth-order valence-electron chi connectivity index (χ4n) is 2.45. The van der Waals surface area contributed by atoms with Crippen molar-refractivity contribution in [1.82, 2.24) is 15.1 Å². The van der Waals surface area contributed by atoms with Crippen molar-refractivity contribution < 1.29 is 9.59 Å². The van der Waals surface area contributed by atoms with Crippen LogP contribution in [0.25, 0.3) is 0 Å². The van der Waals surface area contributed by atoms with Crippen molar-refractivity contribution in [3.63, 3.8) is 0 Å². The number of urea groups is 1. The van der Waals surface area contributed by atoms with Crippen molar-refractivity contribution in [2.24, 2.45) is 0 Å². The molecule has 2 fully saturated rings. The van der Waals surface area contributed by atoms with Crippen LogP contribution in [0.4, 0.5) is 4.79 Å². The molecule has 0 atom stereocenters. The number of likely N-dealkylation sites (tertiary alicyclic amines) is 1. The largest absolute Gasteiger partial charge is 0.325 e. The van der Waals surface area contributed by atoms with E-state index in [0.717, 1.165) is 25.9 Å². The lowest BCUT2D eigenvalue weighted by atomic mass is 9.87. The number of imide groups is 1. The minimum atomic E-state index is -0.617. The Morgan fingerprint density at radius 3 is 2.25 bits per heavy atom. The third kappa shape index (κ3) is 1.59. The lowest BCUT2D eigenvalue weighted by Gasteiger charge is -2.35. The van der Waals surface area contributed by atoms with Crippen molar-refractivity contribution in [2.45, 2.75) is 38.3 Å². The SMILES string of the molecule is CC(C)N1C(=O)NC2(CCN(C)CC2)C1=O. The molecule has 1 spiro atoms. The van der Waals surface area contributed by atoms with E-state index in [0.29, 0.717) is 0 Å². The number of hydrogen-bond donors (Lipinski definition) is 1. The molecular formula is C11H19N3O2. The second kappa shape index (κ2) is 3.73. The number of nitrogens with zero attached hydrogens (tertiary/aromatic N) is 2. The van der Waals surface area contributed by atoms with Crippen molar-refractivity contribution in [2.75, 3.05) is 20.1 Å². The number of nitrogens with one attached hydrogen (secondary N) is 1. The van der Waals surface area contributed by atoms with Crippen LogP contribution in [-0.2, 0) is 4.79 Å². The number of carbonyl (C=O) groups excluding carboxylic acids is 2.